The maximum atomic E-state index is 12.1. The smallest absolute Gasteiger partial charge is 0.254 e. The number of halogens is 2. The van der Waals surface area contributed by atoms with Crippen molar-refractivity contribution in [2.75, 3.05) is 13.7 Å². The number of nitrogens with zero attached hydrogens (tertiary/aromatic N) is 1. The average molecular weight is 355 g/mol. The van der Waals surface area contributed by atoms with E-state index in [1.165, 1.54) is 19.2 Å². The maximum Gasteiger partial charge on any atom is 0.254 e. The third kappa shape index (κ3) is 4.27. The molecule has 1 amide bonds. The highest BCUT2D eigenvalue weighted by molar-refractivity contribution is 6.36. The van der Waals surface area contributed by atoms with E-state index in [0.717, 1.165) is 5.69 Å². The minimum atomic E-state index is -0.314. The molecule has 0 spiro atoms. The minimum absolute atomic E-state index is 0.180. The van der Waals surface area contributed by atoms with E-state index >= 15 is 0 Å². The molecule has 0 aliphatic rings. The molecular weight excluding hydrogens is 339 g/mol. The van der Waals surface area contributed by atoms with Gasteiger partial charge in [-0.15, -0.1) is 0 Å². The minimum Gasteiger partial charge on any atom is -0.496 e. The number of aryl methyl sites for hydroxylation is 1. The SMILES string of the molecule is COc1cc(C)n(CCNC(=O)c2ccc(Cl)cc2Cl)c(=O)c1. The number of rotatable bonds is 5. The first-order chi connectivity index (χ1) is 10.9. The molecule has 0 saturated carbocycles. The summed E-state index contributed by atoms with van der Waals surface area (Å²) in [4.78, 5) is 24.1. The molecule has 1 N–H and O–H groups in total. The Morgan fingerprint density at radius 1 is 1.26 bits per heavy atom. The highest BCUT2D eigenvalue weighted by atomic mass is 35.5. The molecule has 0 aliphatic heterocycles. The number of aromatic nitrogens is 1. The second-order valence-corrected chi connectivity index (χ2v) is 5.75. The average Bonchev–Trinajstić information content (AvgIpc) is 2.49. The summed E-state index contributed by atoms with van der Waals surface area (Å²) in [6.07, 6.45) is 0. The molecule has 0 radical (unpaired) electrons. The van der Waals surface area contributed by atoms with Crippen LogP contribution >= 0.6 is 23.2 Å². The molecule has 1 aromatic carbocycles. The lowest BCUT2D eigenvalue weighted by Gasteiger charge is -2.12. The Bertz CT molecular complexity index is 787. The van der Waals surface area contributed by atoms with Crippen LogP contribution < -0.4 is 15.6 Å². The van der Waals surface area contributed by atoms with Gasteiger partial charge < -0.3 is 14.6 Å². The van der Waals surface area contributed by atoms with Crippen molar-refractivity contribution in [1.29, 1.82) is 0 Å². The first-order valence-corrected chi connectivity index (χ1v) is 7.66. The van der Waals surface area contributed by atoms with Gasteiger partial charge >= 0.3 is 0 Å². The van der Waals surface area contributed by atoms with Crippen molar-refractivity contribution in [3.63, 3.8) is 0 Å². The van der Waals surface area contributed by atoms with Crippen LogP contribution in [-0.2, 0) is 6.54 Å². The molecule has 0 unspecified atom stereocenters. The molecule has 0 bridgehead atoms. The molecule has 23 heavy (non-hydrogen) atoms. The third-order valence-electron chi connectivity index (χ3n) is 3.34. The second-order valence-electron chi connectivity index (χ2n) is 4.91. The van der Waals surface area contributed by atoms with E-state index in [2.05, 4.69) is 5.32 Å². The van der Waals surface area contributed by atoms with Gasteiger partial charge in [0.25, 0.3) is 11.5 Å². The van der Waals surface area contributed by atoms with Crippen molar-refractivity contribution in [1.82, 2.24) is 9.88 Å². The number of ether oxygens (including phenoxy) is 1. The van der Waals surface area contributed by atoms with E-state index in [4.69, 9.17) is 27.9 Å². The lowest BCUT2D eigenvalue weighted by Crippen LogP contribution is -2.31. The van der Waals surface area contributed by atoms with Crippen molar-refractivity contribution < 1.29 is 9.53 Å². The molecule has 2 rings (SSSR count). The van der Waals surface area contributed by atoms with Gasteiger partial charge in [0.1, 0.15) is 5.75 Å². The Hall–Kier alpha value is -1.98. The van der Waals surface area contributed by atoms with Gasteiger partial charge in [-0.25, -0.2) is 0 Å². The van der Waals surface area contributed by atoms with Crippen molar-refractivity contribution in [3.8, 4) is 5.75 Å². The third-order valence-corrected chi connectivity index (χ3v) is 3.89. The zero-order valence-corrected chi connectivity index (χ0v) is 14.2. The van der Waals surface area contributed by atoms with Gasteiger partial charge in [-0.2, -0.15) is 0 Å². The largest absolute Gasteiger partial charge is 0.496 e. The van der Waals surface area contributed by atoms with E-state index in [1.54, 1.807) is 22.8 Å². The summed E-state index contributed by atoms with van der Waals surface area (Å²) in [5.74, 6) is 0.201. The Kier molecular flexibility index (Phi) is 5.69. The number of amides is 1. The fraction of sp³-hybridized carbons (Fsp3) is 0.250. The van der Waals surface area contributed by atoms with Gasteiger partial charge in [0, 0.05) is 29.9 Å². The van der Waals surface area contributed by atoms with Crippen molar-refractivity contribution in [3.05, 3.63) is 62.0 Å². The summed E-state index contributed by atoms with van der Waals surface area (Å²) in [6, 6.07) is 7.84. The van der Waals surface area contributed by atoms with Gasteiger partial charge in [-0.1, -0.05) is 23.2 Å². The normalized spacial score (nSPS) is 10.4. The van der Waals surface area contributed by atoms with Gasteiger partial charge in [-0.3, -0.25) is 9.59 Å². The van der Waals surface area contributed by atoms with Crippen LogP contribution in [0.2, 0.25) is 10.0 Å². The molecule has 0 atom stereocenters. The number of benzene rings is 1. The summed E-state index contributed by atoms with van der Waals surface area (Å²) in [7, 11) is 1.51. The standard InChI is InChI=1S/C16H16Cl2N2O3/c1-10-7-12(23-2)9-15(21)20(10)6-5-19-16(22)13-4-3-11(17)8-14(13)18/h3-4,7-9H,5-6H2,1-2H3,(H,19,22). The monoisotopic (exact) mass is 354 g/mol. The fourth-order valence-electron chi connectivity index (χ4n) is 2.15. The predicted octanol–water partition coefficient (Wildman–Crippen LogP) is 2.90. The molecule has 7 heteroatoms. The number of carbonyl (C=O) groups excluding carboxylic acids is 1. The summed E-state index contributed by atoms with van der Waals surface area (Å²) in [5, 5.41) is 3.48. The fourth-order valence-corrected chi connectivity index (χ4v) is 2.65. The summed E-state index contributed by atoms with van der Waals surface area (Å²) >= 11 is 11.8. The van der Waals surface area contributed by atoms with Gasteiger partial charge in [0.15, 0.2) is 0 Å². The highest BCUT2D eigenvalue weighted by Gasteiger charge is 2.10. The number of methoxy groups -OCH3 is 1. The van der Waals surface area contributed by atoms with Crippen molar-refractivity contribution in [2.24, 2.45) is 0 Å². The zero-order valence-electron chi connectivity index (χ0n) is 12.7. The number of pyridine rings is 1. The Balaban J connectivity index is 2.02. The van der Waals surface area contributed by atoms with E-state index in [0.29, 0.717) is 29.4 Å². The van der Waals surface area contributed by atoms with Crippen LogP contribution in [0.15, 0.2) is 35.1 Å². The number of nitrogens with one attached hydrogen (secondary N) is 1. The van der Waals surface area contributed by atoms with E-state index in [9.17, 15) is 9.59 Å². The van der Waals surface area contributed by atoms with Crippen molar-refractivity contribution >= 4 is 29.1 Å². The van der Waals surface area contributed by atoms with E-state index in [-0.39, 0.29) is 16.5 Å². The molecular formula is C16H16Cl2N2O3. The van der Waals surface area contributed by atoms with Gasteiger partial charge in [-0.05, 0) is 31.2 Å². The van der Waals surface area contributed by atoms with Crippen LogP contribution in [-0.4, -0.2) is 24.1 Å². The molecule has 0 saturated heterocycles. The molecule has 2 aromatic rings. The van der Waals surface area contributed by atoms with Crippen LogP contribution in [0.4, 0.5) is 0 Å². The Morgan fingerprint density at radius 2 is 2.00 bits per heavy atom. The van der Waals surface area contributed by atoms with Crippen LogP contribution in [0.5, 0.6) is 5.75 Å². The highest BCUT2D eigenvalue weighted by Crippen LogP contribution is 2.20. The second kappa shape index (κ2) is 7.53. The van der Waals surface area contributed by atoms with E-state index < -0.39 is 0 Å². The molecule has 1 aromatic heterocycles. The number of hydrogen-bond donors (Lipinski definition) is 1. The van der Waals surface area contributed by atoms with E-state index in [1.807, 2.05) is 6.92 Å². The lowest BCUT2D eigenvalue weighted by atomic mass is 10.2. The Labute approximate surface area is 143 Å². The number of hydrogen-bond acceptors (Lipinski definition) is 3. The van der Waals surface area contributed by atoms with Gasteiger partial charge in [0.05, 0.1) is 17.7 Å². The molecule has 0 fully saturated rings. The van der Waals surface area contributed by atoms with Crippen LogP contribution in [0.1, 0.15) is 16.1 Å². The Morgan fingerprint density at radius 3 is 2.61 bits per heavy atom. The summed E-state index contributed by atoms with van der Waals surface area (Å²) in [5.41, 5.74) is 0.920. The number of carbonyl (C=O) groups is 1. The first kappa shape index (κ1) is 17.4. The summed E-state index contributed by atoms with van der Waals surface area (Å²) in [6.45, 7) is 2.46. The lowest BCUT2D eigenvalue weighted by molar-refractivity contribution is 0.0952. The quantitative estimate of drug-likeness (QED) is 0.897. The van der Waals surface area contributed by atoms with Crippen LogP contribution in [0, 0.1) is 6.92 Å². The molecule has 1 heterocycles. The van der Waals surface area contributed by atoms with Crippen LogP contribution in [0.3, 0.4) is 0 Å². The maximum absolute atomic E-state index is 12.1. The first-order valence-electron chi connectivity index (χ1n) is 6.91. The van der Waals surface area contributed by atoms with Crippen molar-refractivity contribution in [2.45, 2.75) is 13.5 Å². The topological polar surface area (TPSA) is 60.3 Å². The summed E-state index contributed by atoms with van der Waals surface area (Å²) < 4.78 is 6.61. The molecule has 5 nitrogen and oxygen atoms in total. The van der Waals surface area contributed by atoms with Crippen LogP contribution in [0.25, 0.3) is 0 Å². The predicted molar refractivity (Wildman–Crippen MR) is 90.8 cm³/mol. The molecule has 122 valence electrons. The molecule has 0 aliphatic carbocycles. The van der Waals surface area contributed by atoms with Gasteiger partial charge in [0.2, 0.25) is 0 Å². The zero-order chi connectivity index (χ0) is 17.0.